The maximum absolute atomic E-state index is 7.58. The van der Waals surface area contributed by atoms with Crippen molar-refractivity contribution in [3.05, 3.63) is 144 Å². The molecular formula is C91H143NO5. The van der Waals surface area contributed by atoms with Gasteiger partial charge in [0.2, 0.25) is 0 Å². The van der Waals surface area contributed by atoms with Gasteiger partial charge in [0.05, 0.1) is 33.0 Å². The van der Waals surface area contributed by atoms with E-state index in [0.29, 0.717) is 88.8 Å². The van der Waals surface area contributed by atoms with Crippen molar-refractivity contribution in [1.82, 2.24) is 0 Å². The summed E-state index contributed by atoms with van der Waals surface area (Å²) in [5, 5.41) is 0. The van der Waals surface area contributed by atoms with E-state index in [1.807, 2.05) is 0 Å². The topological polar surface area (TPSA) is 72.2 Å². The highest BCUT2D eigenvalue weighted by Crippen LogP contribution is 2.46. The van der Waals surface area contributed by atoms with Crippen molar-refractivity contribution in [3.63, 3.8) is 0 Å². The van der Waals surface area contributed by atoms with E-state index in [1.165, 1.54) is 128 Å². The van der Waals surface area contributed by atoms with Crippen molar-refractivity contribution in [1.29, 1.82) is 0 Å². The lowest BCUT2D eigenvalue weighted by Gasteiger charge is -2.29. The Kier molecular flexibility index (Phi) is 31.0. The maximum Gasteiger partial charge on any atom is 0.126 e. The number of unbranched alkanes of at least 4 members (excludes halogenated alkanes) is 9. The number of fused-ring (bicyclic) bond motifs is 10. The van der Waals surface area contributed by atoms with Crippen LogP contribution in [0.4, 0.5) is 0 Å². The summed E-state index contributed by atoms with van der Waals surface area (Å²) < 4.78 is 37.6. The van der Waals surface area contributed by atoms with Crippen LogP contribution in [-0.2, 0) is 59.2 Å². The molecule has 0 fully saturated rings. The second-order valence-corrected chi connectivity index (χ2v) is 36.5. The van der Waals surface area contributed by atoms with E-state index in [4.69, 9.17) is 29.4 Å². The Labute approximate surface area is 596 Å². The van der Waals surface area contributed by atoms with Gasteiger partial charge in [-0.2, -0.15) is 0 Å². The van der Waals surface area contributed by atoms with Gasteiger partial charge in [-0.1, -0.05) is 271 Å². The zero-order chi connectivity index (χ0) is 71.5. The van der Waals surface area contributed by atoms with E-state index in [9.17, 15) is 0 Å². The average Bonchev–Trinajstić information content (AvgIpc) is 0.776. The minimum absolute atomic E-state index is 0.158. The normalized spacial score (nSPS) is 13.5. The van der Waals surface area contributed by atoms with Gasteiger partial charge in [-0.25, -0.2) is 0 Å². The lowest BCUT2D eigenvalue weighted by Crippen LogP contribution is -2.18. The highest BCUT2D eigenvalue weighted by molar-refractivity contribution is 5.61. The lowest BCUT2D eigenvalue weighted by molar-refractivity contribution is 0.287. The molecule has 6 rings (SSSR count). The Hall–Kier alpha value is -4.94. The number of hydrogen-bond donors (Lipinski definition) is 1. The zero-order valence-corrected chi connectivity index (χ0v) is 66.7. The average molecular weight is 1330 g/mol. The van der Waals surface area contributed by atoms with Gasteiger partial charge >= 0.3 is 0 Å². The quantitative estimate of drug-likeness (QED) is 0.0414. The van der Waals surface area contributed by atoms with Gasteiger partial charge in [-0.15, -0.1) is 0 Å². The van der Waals surface area contributed by atoms with Gasteiger partial charge < -0.3 is 29.4 Å². The van der Waals surface area contributed by atoms with Gasteiger partial charge in [0.25, 0.3) is 0 Å². The number of ether oxygens (including phenoxy) is 5. The molecule has 97 heavy (non-hydrogen) atoms. The maximum atomic E-state index is 7.58. The van der Waals surface area contributed by atoms with Crippen LogP contribution in [0.1, 0.15) is 358 Å². The molecule has 0 atom stereocenters. The summed E-state index contributed by atoms with van der Waals surface area (Å²) in [5.41, 5.74) is 23.7. The van der Waals surface area contributed by atoms with Gasteiger partial charge in [0.1, 0.15) is 28.7 Å². The number of benzene rings is 5. The van der Waals surface area contributed by atoms with E-state index in [1.54, 1.807) is 0 Å². The molecule has 0 radical (unpaired) electrons. The molecule has 1 aliphatic carbocycles. The summed E-state index contributed by atoms with van der Waals surface area (Å²) >= 11 is 0. The van der Waals surface area contributed by atoms with Crippen molar-refractivity contribution in [2.75, 3.05) is 39.6 Å². The molecule has 0 spiro atoms. The molecule has 0 amide bonds. The van der Waals surface area contributed by atoms with Gasteiger partial charge in [-0.05, 0) is 205 Å². The molecule has 2 N–H and O–H groups in total. The van der Waals surface area contributed by atoms with E-state index in [2.05, 4.69) is 220 Å². The van der Waals surface area contributed by atoms with Crippen molar-refractivity contribution in [2.45, 2.75) is 334 Å². The first kappa shape index (κ1) is 81.0. The van der Waals surface area contributed by atoms with Crippen LogP contribution in [0, 0.1) is 23.7 Å². The second-order valence-electron chi connectivity index (χ2n) is 36.5. The SMILES string of the molecule is CC(C)CCCOc1c2cc(C(C)(C)C)cc1Cc1cc(C(C)(C)C)cc(c1OCCCC(C)C)Cc1cc(C(C)(C)C)cc(c1OCCCC(C)C)Cc1cc(C(C)(C)C)cc(c1OCCCC(C)C)Cc1cc(C(C)(C)C)cc(c1OCCCCCCCCCCCCN)C2. The number of nitrogens with two attached hydrogens (primary N) is 1. The molecule has 0 unspecified atom stereocenters. The Morgan fingerprint density at radius 2 is 0.402 bits per heavy atom. The molecule has 0 aliphatic heterocycles. The van der Waals surface area contributed by atoms with Crippen LogP contribution in [-0.4, -0.2) is 39.6 Å². The highest BCUT2D eigenvalue weighted by Gasteiger charge is 2.31. The lowest BCUT2D eigenvalue weighted by atomic mass is 9.79. The fourth-order valence-corrected chi connectivity index (χ4v) is 13.7. The Morgan fingerprint density at radius 1 is 0.247 bits per heavy atom. The standard InChI is InChI=1S/C91H143NO5/c1-63(2)38-34-44-94-83-69-48-67-53-77(87(9,10)11)54-68(82(67)93-43-33-31-29-27-25-24-26-28-30-32-42-92)49-70-56-79(89(15,16)17)58-72(84(70)95-45-35-39-64(3)4)51-74-60-81(91(21,22)23)62-76(86(74)97-47-37-41-66(7)8)52-75-61-80(90(18,19)20)59-73(85(75)96-46-36-40-65(5)6)50-71(83)57-78(55-69)88(12,13)14/h53-66H,24-52,92H2,1-23H3. The third kappa shape index (κ3) is 25.9. The summed E-state index contributed by atoms with van der Waals surface area (Å²) in [6.07, 6.45) is 23.9. The van der Waals surface area contributed by atoms with Crippen LogP contribution < -0.4 is 29.4 Å². The molecular weight excluding hydrogens is 1190 g/mol. The predicted octanol–water partition coefficient (Wildman–Crippen LogP) is 24.9. The highest BCUT2D eigenvalue weighted by atomic mass is 16.5. The molecule has 1 aliphatic rings. The van der Waals surface area contributed by atoms with Crippen molar-refractivity contribution in [2.24, 2.45) is 29.4 Å². The first-order valence-corrected chi connectivity index (χ1v) is 39.2. The number of hydrogen-bond acceptors (Lipinski definition) is 6. The fourth-order valence-electron chi connectivity index (χ4n) is 13.7. The molecule has 542 valence electrons. The van der Waals surface area contributed by atoms with Crippen molar-refractivity contribution in [3.8, 4) is 28.7 Å². The zero-order valence-electron chi connectivity index (χ0n) is 66.7. The second kappa shape index (κ2) is 37.1. The Balaban J connectivity index is 1.81. The van der Waals surface area contributed by atoms with Crippen LogP contribution in [0.25, 0.3) is 0 Å². The van der Waals surface area contributed by atoms with Crippen LogP contribution in [0.2, 0.25) is 0 Å². The van der Waals surface area contributed by atoms with Crippen molar-refractivity contribution >= 4 is 0 Å². The van der Waals surface area contributed by atoms with Crippen LogP contribution in [0.15, 0.2) is 60.7 Å². The molecule has 0 heterocycles. The molecule has 6 heteroatoms. The summed E-state index contributed by atoms with van der Waals surface area (Å²) in [6, 6.07) is 25.0. The van der Waals surface area contributed by atoms with Crippen LogP contribution in [0.5, 0.6) is 28.7 Å². The predicted molar refractivity (Wildman–Crippen MR) is 419 cm³/mol. The molecule has 0 aromatic heterocycles. The van der Waals surface area contributed by atoms with Gasteiger partial charge in [-0.3, -0.25) is 0 Å². The van der Waals surface area contributed by atoms with E-state index in [-0.39, 0.29) is 27.1 Å². The summed E-state index contributed by atoms with van der Waals surface area (Å²) in [7, 11) is 0. The molecule has 6 nitrogen and oxygen atoms in total. The van der Waals surface area contributed by atoms with Gasteiger partial charge in [0.15, 0.2) is 0 Å². The summed E-state index contributed by atoms with van der Waals surface area (Å²) in [6.45, 7) is 58.4. The van der Waals surface area contributed by atoms with E-state index >= 15 is 0 Å². The Bertz CT molecular complexity index is 3020. The van der Waals surface area contributed by atoms with Gasteiger partial charge in [0, 0.05) is 32.1 Å². The molecule has 0 saturated carbocycles. The first-order chi connectivity index (χ1) is 45.5. The third-order valence-corrected chi connectivity index (χ3v) is 20.0. The Morgan fingerprint density at radius 3 is 0.557 bits per heavy atom. The largest absolute Gasteiger partial charge is 0.493 e. The summed E-state index contributed by atoms with van der Waals surface area (Å²) in [5.74, 6) is 7.34. The van der Waals surface area contributed by atoms with Crippen LogP contribution >= 0.6 is 0 Å². The van der Waals surface area contributed by atoms with E-state index < -0.39 is 0 Å². The minimum atomic E-state index is -0.161. The molecule has 10 bridgehead atoms. The summed E-state index contributed by atoms with van der Waals surface area (Å²) in [4.78, 5) is 0. The molecule has 0 saturated heterocycles. The minimum Gasteiger partial charge on any atom is -0.493 e. The third-order valence-electron chi connectivity index (χ3n) is 20.0. The van der Waals surface area contributed by atoms with Crippen molar-refractivity contribution < 1.29 is 23.7 Å². The number of rotatable bonds is 33. The molecule has 5 aromatic carbocycles. The molecule has 5 aromatic rings. The monoisotopic (exact) mass is 1330 g/mol. The fraction of sp³-hybridized carbons (Fsp3) is 0.670. The van der Waals surface area contributed by atoms with Crippen LogP contribution in [0.3, 0.4) is 0 Å². The smallest absolute Gasteiger partial charge is 0.126 e. The first-order valence-electron chi connectivity index (χ1n) is 39.2. The van der Waals surface area contributed by atoms with E-state index in [0.717, 1.165) is 106 Å².